The topological polar surface area (TPSA) is 57.6 Å². The summed E-state index contributed by atoms with van der Waals surface area (Å²) in [4.78, 5) is 24.9. The molecule has 10 heteroatoms. The normalized spacial score (nSPS) is 39.8. The quantitative estimate of drug-likeness (QED) is 0.326. The SMILES string of the molecule is CCCCN(CCCC)C(=O)[C@H]1C[C@@H]2[C@H]([C@H](C)[C@H]1C(=O)O)[C@]1(Cl)C(Cl)=C(Cl)[C@@]2(Cl)C1(Cl)Cl. The van der Waals surface area contributed by atoms with Gasteiger partial charge in [-0.25, -0.2) is 0 Å². The number of carbonyl (C=O) groups is 2. The number of nitrogens with zero attached hydrogens (tertiary/aromatic N) is 1. The van der Waals surface area contributed by atoms with E-state index in [0.717, 1.165) is 25.7 Å². The fourth-order valence-corrected chi connectivity index (χ4v) is 9.26. The molecule has 7 atom stereocenters. The summed E-state index contributed by atoms with van der Waals surface area (Å²) >= 11 is 40.5. The fourth-order valence-electron chi connectivity index (χ4n) is 6.10. The molecule has 0 saturated heterocycles. The van der Waals surface area contributed by atoms with E-state index < -0.39 is 49.6 Å². The smallest absolute Gasteiger partial charge is 0.307 e. The lowest BCUT2D eigenvalue weighted by Crippen LogP contribution is -2.54. The van der Waals surface area contributed by atoms with Crippen molar-refractivity contribution < 1.29 is 14.7 Å². The molecule has 0 radical (unpaired) electrons. The highest BCUT2D eigenvalue weighted by molar-refractivity contribution is 6.65. The largest absolute Gasteiger partial charge is 0.481 e. The lowest BCUT2D eigenvalue weighted by molar-refractivity contribution is -0.158. The van der Waals surface area contributed by atoms with Crippen LogP contribution in [0.2, 0.25) is 0 Å². The van der Waals surface area contributed by atoms with Gasteiger partial charge >= 0.3 is 5.97 Å². The van der Waals surface area contributed by atoms with E-state index in [4.69, 9.17) is 69.6 Å². The van der Waals surface area contributed by atoms with Crippen LogP contribution in [-0.4, -0.2) is 49.1 Å². The van der Waals surface area contributed by atoms with E-state index in [2.05, 4.69) is 13.8 Å². The van der Waals surface area contributed by atoms with Gasteiger partial charge in [-0.05, 0) is 37.0 Å². The second kappa shape index (κ2) is 9.47. The molecule has 32 heavy (non-hydrogen) atoms. The molecule has 0 aromatic carbocycles. The Bertz CT molecular complexity index is 811. The Balaban J connectivity index is 2.05. The Morgan fingerprint density at radius 3 is 1.97 bits per heavy atom. The second-order valence-corrected chi connectivity index (χ2v) is 12.6. The highest BCUT2D eigenvalue weighted by Crippen LogP contribution is 2.79. The molecular weight excluding hydrogens is 539 g/mol. The summed E-state index contributed by atoms with van der Waals surface area (Å²) in [5.74, 6) is -4.54. The molecule has 0 spiro atoms. The van der Waals surface area contributed by atoms with Gasteiger partial charge in [0.15, 0.2) is 4.33 Å². The maximum atomic E-state index is 13.7. The third-order valence-corrected chi connectivity index (χ3v) is 12.0. The standard InChI is InChI=1S/C22H29Cl6NO3/c1-4-6-8-29(9-7-5-2)18(30)12-10-13-15(11(3)14(12)19(31)32)21(26)17(24)16(23)20(13,25)22(21,27)28/h11-15H,4-10H2,1-3H3,(H,31,32)/t11-,12+,13-,14-,15+,20-,21+/m1/s1. The minimum Gasteiger partial charge on any atom is -0.481 e. The summed E-state index contributed by atoms with van der Waals surface area (Å²) in [7, 11) is 0. The molecule has 1 N–H and O–H groups in total. The van der Waals surface area contributed by atoms with Gasteiger partial charge in [-0.15, -0.1) is 23.2 Å². The van der Waals surface area contributed by atoms with Crippen molar-refractivity contribution in [1.29, 1.82) is 0 Å². The number of allylic oxidation sites excluding steroid dienone is 2. The average Bonchev–Trinajstić information content (AvgIpc) is 2.93. The van der Waals surface area contributed by atoms with Crippen molar-refractivity contribution >= 4 is 81.5 Å². The molecule has 0 heterocycles. The first-order chi connectivity index (χ1) is 14.8. The summed E-state index contributed by atoms with van der Waals surface area (Å²) in [6.07, 6.45) is 3.75. The van der Waals surface area contributed by atoms with Crippen molar-refractivity contribution in [2.45, 2.75) is 67.0 Å². The van der Waals surface area contributed by atoms with Gasteiger partial charge in [0.05, 0.1) is 21.9 Å². The molecule has 2 bridgehead atoms. The number of amides is 1. The molecule has 0 aromatic heterocycles. The lowest BCUT2D eigenvalue weighted by atomic mass is 9.58. The monoisotopic (exact) mass is 565 g/mol. The van der Waals surface area contributed by atoms with Crippen LogP contribution in [0.3, 0.4) is 0 Å². The van der Waals surface area contributed by atoms with E-state index in [1.54, 1.807) is 11.8 Å². The number of carbonyl (C=O) groups excluding carboxylic acids is 1. The number of hydrogen-bond donors (Lipinski definition) is 1. The van der Waals surface area contributed by atoms with Gasteiger partial charge < -0.3 is 10.0 Å². The van der Waals surface area contributed by atoms with E-state index in [9.17, 15) is 14.7 Å². The maximum absolute atomic E-state index is 13.7. The first-order valence-electron chi connectivity index (χ1n) is 11.2. The number of hydrogen-bond acceptors (Lipinski definition) is 2. The van der Waals surface area contributed by atoms with Gasteiger partial charge in [0.1, 0.15) is 9.75 Å². The van der Waals surface area contributed by atoms with Crippen molar-refractivity contribution in [1.82, 2.24) is 4.90 Å². The van der Waals surface area contributed by atoms with Crippen LogP contribution in [0.4, 0.5) is 0 Å². The van der Waals surface area contributed by atoms with Crippen LogP contribution in [0, 0.1) is 29.6 Å². The van der Waals surface area contributed by atoms with Crippen molar-refractivity contribution in [2.75, 3.05) is 13.1 Å². The number of carboxylic acids is 1. The predicted octanol–water partition coefficient (Wildman–Crippen LogP) is 6.85. The van der Waals surface area contributed by atoms with E-state index in [1.165, 1.54) is 0 Å². The number of fused-ring (bicyclic) bond motifs is 5. The molecule has 3 aliphatic rings. The summed E-state index contributed by atoms with van der Waals surface area (Å²) in [6.45, 7) is 7.06. The van der Waals surface area contributed by atoms with Gasteiger partial charge in [0.2, 0.25) is 5.91 Å². The van der Waals surface area contributed by atoms with Crippen LogP contribution in [0.15, 0.2) is 10.1 Å². The summed E-state index contributed by atoms with van der Waals surface area (Å²) in [6, 6.07) is 0. The third-order valence-electron chi connectivity index (χ3n) is 7.70. The fraction of sp³-hybridized carbons (Fsp3) is 0.818. The molecule has 3 rings (SSSR count). The van der Waals surface area contributed by atoms with E-state index in [-0.39, 0.29) is 22.4 Å². The minimum atomic E-state index is -1.74. The average molecular weight is 568 g/mol. The first kappa shape index (κ1) is 27.0. The van der Waals surface area contributed by atoms with Crippen LogP contribution in [0.25, 0.3) is 0 Å². The zero-order chi connectivity index (χ0) is 24.2. The number of unbranched alkanes of at least 4 members (excludes halogenated alkanes) is 2. The van der Waals surface area contributed by atoms with Gasteiger partial charge in [0.25, 0.3) is 0 Å². The van der Waals surface area contributed by atoms with Gasteiger partial charge in [0, 0.05) is 13.1 Å². The van der Waals surface area contributed by atoms with Crippen molar-refractivity contribution in [3.63, 3.8) is 0 Å². The van der Waals surface area contributed by atoms with Crippen LogP contribution in [0.5, 0.6) is 0 Å². The molecule has 2 saturated carbocycles. The first-order valence-corrected chi connectivity index (χ1v) is 13.4. The molecule has 0 unspecified atom stereocenters. The highest BCUT2D eigenvalue weighted by Gasteiger charge is 2.84. The Morgan fingerprint density at radius 1 is 1.00 bits per heavy atom. The molecule has 2 fully saturated rings. The van der Waals surface area contributed by atoms with Crippen LogP contribution < -0.4 is 0 Å². The Hall–Kier alpha value is 0.420. The Labute approximate surface area is 219 Å². The molecule has 1 amide bonds. The lowest BCUT2D eigenvalue weighted by Gasteiger charge is -2.49. The van der Waals surface area contributed by atoms with Crippen LogP contribution in [-0.2, 0) is 9.59 Å². The number of aliphatic carboxylic acids is 1. The zero-order valence-corrected chi connectivity index (χ0v) is 22.9. The predicted molar refractivity (Wildman–Crippen MR) is 132 cm³/mol. The van der Waals surface area contributed by atoms with Crippen LogP contribution in [0.1, 0.15) is 52.9 Å². The minimum absolute atomic E-state index is 0.0652. The molecule has 182 valence electrons. The highest BCUT2D eigenvalue weighted by atomic mass is 35.5. The summed E-state index contributed by atoms with van der Waals surface area (Å²) < 4.78 is -1.74. The molecule has 0 aromatic rings. The number of carboxylic acid groups (broad SMARTS) is 1. The maximum Gasteiger partial charge on any atom is 0.307 e. The van der Waals surface area contributed by atoms with Crippen molar-refractivity contribution in [3.05, 3.63) is 10.1 Å². The number of halogens is 6. The van der Waals surface area contributed by atoms with Gasteiger partial charge in [-0.2, -0.15) is 0 Å². The van der Waals surface area contributed by atoms with E-state index in [0.29, 0.717) is 13.1 Å². The molecule has 3 aliphatic carbocycles. The van der Waals surface area contributed by atoms with E-state index >= 15 is 0 Å². The summed E-state index contributed by atoms with van der Waals surface area (Å²) in [5.41, 5.74) is 0. The van der Waals surface area contributed by atoms with Crippen molar-refractivity contribution in [3.8, 4) is 0 Å². The van der Waals surface area contributed by atoms with Crippen LogP contribution >= 0.6 is 69.6 Å². The molecule has 4 nitrogen and oxygen atoms in total. The molecular formula is C22H29Cl6NO3. The van der Waals surface area contributed by atoms with Crippen molar-refractivity contribution in [2.24, 2.45) is 29.6 Å². The third kappa shape index (κ3) is 3.53. The van der Waals surface area contributed by atoms with Gasteiger partial charge in [-0.1, -0.05) is 80.0 Å². The van der Waals surface area contributed by atoms with Gasteiger partial charge in [-0.3, -0.25) is 9.59 Å². The Morgan fingerprint density at radius 2 is 1.50 bits per heavy atom. The molecule has 0 aliphatic heterocycles. The number of rotatable bonds is 8. The second-order valence-electron chi connectivity index (χ2n) is 9.36. The number of alkyl halides is 4. The van der Waals surface area contributed by atoms with E-state index in [1.807, 2.05) is 0 Å². The Kier molecular flexibility index (Phi) is 7.99. The summed E-state index contributed by atoms with van der Waals surface area (Å²) in [5, 5.41) is 10.3. The zero-order valence-electron chi connectivity index (χ0n) is 18.3.